The lowest BCUT2D eigenvalue weighted by atomic mass is 9.94. The first-order valence-electron chi connectivity index (χ1n) is 7.16. The van der Waals surface area contributed by atoms with Gasteiger partial charge in [-0.2, -0.15) is 0 Å². The van der Waals surface area contributed by atoms with E-state index in [1.165, 1.54) is 24.3 Å². The lowest BCUT2D eigenvalue weighted by Crippen LogP contribution is -2.39. The molecule has 0 radical (unpaired) electrons. The molecule has 3 nitrogen and oxygen atoms in total. The molecule has 112 valence electrons. The van der Waals surface area contributed by atoms with Gasteiger partial charge < -0.3 is 0 Å². The largest absolute Gasteiger partial charge is 0.285 e. The van der Waals surface area contributed by atoms with Crippen LogP contribution in [0.4, 0.5) is 4.39 Å². The number of hydroxylamine groups is 2. The quantitative estimate of drug-likeness (QED) is 0.532. The summed E-state index contributed by atoms with van der Waals surface area (Å²) in [6.45, 7) is 0. The van der Waals surface area contributed by atoms with Crippen molar-refractivity contribution in [3.63, 3.8) is 0 Å². The number of carbonyl (C=O) groups is 1. The predicted molar refractivity (Wildman–Crippen MR) is 81.1 cm³/mol. The first kappa shape index (κ1) is 14.5. The van der Waals surface area contributed by atoms with Crippen LogP contribution in [0.3, 0.4) is 0 Å². The van der Waals surface area contributed by atoms with Crippen LogP contribution in [0.15, 0.2) is 66.7 Å². The summed E-state index contributed by atoms with van der Waals surface area (Å²) in [4.78, 5) is 12.3. The lowest BCUT2D eigenvalue weighted by molar-refractivity contribution is -0.0891. The normalized spacial score (nSPS) is 20.1. The minimum atomic E-state index is -0.519. The average molecular weight is 297 g/mol. The molecule has 0 aliphatic heterocycles. The summed E-state index contributed by atoms with van der Waals surface area (Å²) in [5.41, 5.74) is 1.31. The highest BCUT2D eigenvalue weighted by atomic mass is 19.1. The summed E-state index contributed by atoms with van der Waals surface area (Å²) in [5, 5.41) is 11.1. The molecule has 0 unspecified atom stereocenters. The summed E-state index contributed by atoms with van der Waals surface area (Å²) in [5.74, 6) is -0.976. The van der Waals surface area contributed by atoms with Crippen LogP contribution < -0.4 is 0 Å². The van der Waals surface area contributed by atoms with Crippen LogP contribution in [0.5, 0.6) is 0 Å². The van der Waals surface area contributed by atoms with Gasteiger partial charge in [0.15, 0.2) is 0 Å². The highest BCUT2D eigenvalue weighted by molar-refractivity contribution is 5.93. The molecule has 0 bridgehead atoms. The minimum absolute atomic E-state index is 0.0457. The number of hydrogen-bond donors (Lipinski definition) is 1. The average Bonchev–Trinajstić information content (AvgIpc) is 3.04. The Morgan fingerprint density at radius 1 is 1.09 bits per heavy atom. The van der Waals surface area contributed by atoms with Crippen LogP contribution in [0.1, 0.15) is 28.3 Å². The number of carbonyl (C=O) groups excluding carboxylic acids is 1. The molecule has 2 atom stereocenters. The second-order valence-corrected chi connectivity index (χ2v) is 5.32. The highest BCUT2D eigenvalue weighted by Crippen LogP contribution is 2.32. The fraction of sp³-hybridized carbons (Fsp3) is 0.167. The SMILES string of the molecule is O=C(c1ccc(F)cc1)N(O)[C@H]1CC=C[C@@H]1c1ccccc1. The molecular weight excluding hydrogens is 281 g/mol. The van der Waals surface area contributed by atoms with Crippen molar-refractivity contribution >= 4 is 5.91 Å². The van der Waals surface area contributed by atoms with Gasteiger partial charge in [-0.05, 0) is 36.2 Å². The summed E-state index contributed by atoms with van der Waals surface area (Å²) in [6.07, 6.45) is 4.55. The van der Waals surface area contributed by atoms with E-state index in [4.69, 9.17) is 0 Å². The molecule has 0 heterocycles. The maximum Gasteiger partial charge on any atom is 0.277 e. The molecule has 0 saturated heterocycles. The van der Waals surface area contributed by atoms with E-state index in [0.29, 0.717) is 6.42 Å². The maximum atomic E-state index is 12.9. The molecule has 0 aromatic heterocycles. The van der Waals surface area contributed by atoms with Gasteiger partial charge in [0.25, 0.3) is 5.91 Å². The smallest absolute Gasteiger partial charge is 0.277 e. The van der Waals surface area contributed by atoms with E-state index in [9.17, 15) is 14.4 Å². The molecule has 3 rings (SSSR count). The Hall–Kier alpha value is -2.46. The highest BCUT2D eigenvalue weighted by Gasteiger charge is 2.32. The predicted octanol–water partition coefficient (Wildman–Crippen LogP) is 3.77. The number of rotatable bonds is 3. The van der Waals surface area contributed by atoms with Crippen molar-refractivity contribution in [2.45, 2.75) is 18.4 Å². The third-order valence-electron chi connectivity index (χ3n) is 3.93. The number of benzene rings is 2. The minimum Gasteiger partial charge on any atom is -0.285 e. The molecule has 4 heteroatoms. The zero-order chi connectivity index (χ0) is 15.5. The van der Waals surface area contributed by atoms with Crippen molar-refractivity contribution in [2.75, 3.05) is 0 Å². The van der Waals surface area contributed by atoms with Gasteiger partial charge >= 0.3 is 0 Å². The van der Waals surface area contributed by atoms with Gasteiger partial charge in [0.05, 0.1) is 6.04 Å². The van der Waals surface area contributed by atoms with E-state index < -0.39 is 11.7 Å². The summed E-state index contributed by atoms with van der Waals surface area (Å²) in [7, 11) is 0. The van der Waals surface area contributed by atoms with Crippen molar-refractivity contribution in [2.24, 2.45) is 0 Å². The van der Waals surface area contributed by atoms with Crippen LogP contribution in [-0.2, 0) is 0 Å². The lowest BCUT2D eigenvalue weighted by Gasteiger charge is -2.28. The van der Waals surface area contributed by atoms with E-state index >= 15 is 0 Å². The van der Waals surface area contributed by atoms with E-state index in [0.717, 1.165) is 10.6 Å². The fourth-order valence-electron chi connectivity index (χ4n) is 2.78. The summed E-state index contributed by atoms with van der Waals surface area (Å²) in [6, 6.07) is 14.6. The van der Waals surface area contributed by atoms with Crippen LogP contribution in [-0.4, -0.2) is 22.2 Å². The van der Waals surface area contributed by atoms with Gasteiger partial charge in [-0.15, -0.1) is 0 Å². The molecule has 0 spiro atoms. The van der Waals surface area contributed by atoms with Gasteiger partial charge in [0.1, 0.15) is 5.82 Å². The van der Waals surface area contributed by atoms with Crippen molar-refractivity contribution in [1.29, 1.82) is 0 Å². The Balaban J connectivity index is 1.81. The molecule has 22 heavy (non-hydrogen) atoms. The fourth-order valence-corrected chi connectivity index (χ4v) is 2.78. The zero-order valence-electron chi connectivity index (χ0n) is 11.9. The van der Waals surface area contributed by atoms with E-state index in [-0.39, 0.29) is 17.5 Å². The topological polar surface area (TPSA) is 40.5 Å². The summed E-state index contributed by atoms with van der Waals surface area (Å²) >= 11 is 0. The first-order valence-corrected chi connectivity index (χ1v) is 7.16. The molecule has 0 fully saturated rings. The first-order chi connectivity index (χ1) is 10.7. The number of nitrogens with zero attached hydrogens (tertiary/aromatic N) is 1. The van der Waals surface area contributed by atoms with Crippen LogP contribution in [0.2, 0.25) is 0 Å². The molecule has 2 aromatic carbocycles. The van der Waals surface area contributed by atoms with E-state index in [2.05, 4.69) is 0 Å². The Morgan fingerprint density at radius 3 is 2.45 bits per heavy atom. The molecule has 2 aromatic rings. The van der Waals surface area contributed by atoms with Gasteiger partial charge in [-0.3, -0.25) is 10.0 Å². The Labute approximate surface area is 128 Å². The van der Waals surface area contributed by atoms with Gasteiger partial charge in [-0.25, -0.2) is 9.45 Å². The van der Waals surface area contributed by atoms with Crippen molar-refractivity contribution < 1.29 is 14.4 Å². The third-order valence-corrected chi connectivity index (χ3v) is 3.93. The van der Waals surface area contributed by atoms with E-state index in [1.807, 2.05) is 42.5 Å². The number of halogens is 1. The second kappa shape index (κ2) is 6.12. The molecule has 1 aliphatic carbocycles. The Kier molecular flexibility index (Phi) is 4.02. The van der Waals surface area contributed by atoms with Crippen LogP contribution in [0.25, 0.3) is 0 Å². The summed E-state index contributed by atoms with van der Waals surface area (Å²) < 4.78 is 12.9. The zero-order valence-corrected chi connectivity index (χ0v) is 11.9. The van der Waals surface area contributed by atoms with Crippen LogP contribution in [0, 0.1) is 5.82 Å². The molecule has 1 N–H and O–H groups in total. The third kappa shape index (κ3) is 2.78. The van der Waals surface area contributed by atoms with Crippen molar-refractivity contribution in [3.05, 3.63) is 83.7 Å². The standard InChI is InChI=1S/C18H16FNO2/c19-15-11-9-14(10-12-15)18(21)20(22)17-8-4-7-16(17)13-5-2-1-3-6-13/h1-7,9-12,16-17,22H,8H2/t16-,17+/m1/s1. The Morgan fingerprint density at radius 2 is 1.77 bits per heavy atom. The second-order valence-electron chi connectivity index (χ2n) is 5.32. The molecule has 1 aliphatic rings. The van der Waals surface area contributed by atoms with E-state index in [1.54, 1.807) is 0 Å². The Bertz CT molecular complexity index is 682. The number of hydrogen-bond acceptors (Lipinski definition) is 2. The van der Waals surface area contributed by atoms with Gasteiger partial charge in [-0.1, -0.05) is 42.5 Å². The number of amides is 1. The van der Waals surface area contributed by atoms with Crippen molar-refractivity contribution in [1.82, 2.24) is 5.06 Å². The monoisotopic (exact) mass is 297 g/mol. The van der Waals surface area contributed by atoms with Crippen molar-refractivity contribution in [3.8, 4) is 0 Å². The maximum absolute atomic E-state index is 12.9. The molecule has 0 saturated carbocycles. The van der Waals surface area contributed by atoms with Gasteiger partial charge in [0, 0.05) is 11.5 Å². The van der Waals surface area contributed by atoms with Gasteiger partial charge in [0.2, 0.25) is 0 Å². The molecule has 1 amide bonds. The molecular formula is C18H16FNO2. The van der Waals surface area contributed by atoms with Crippen LogP contribution >= 0.6 is 0 Å².